The summed E-state index contributed by atoms with van der Waals surface area (Å²) in [6.45, 7) is 5.48. The van der Waals surface area contributed by atoms with Crippen molar-refractivity contribution in [2.75, 3.05) is 6.54 Å². The van der Waals surface area contributed by atoms with Gasteiger partial charge in [-0.3, -0.25) is 14.9 Å². The molecule has 0 aliphatic heterocycles. The second kappa shape index (κ2) is 9.25. The van der Waals surface area contributed by atoms with Crippen molar-refractivity contribution in [2.24, 2.45) is 5.92 Å². The average molecular weight is 355 g/mol. The van der Waals surface area contributed by atoms with Crippen LogP contribution in [0.5, 0.6) is 0 Å². The van der Waals surface area contributed by atoms with Gasteiger partial charge in [0.2, 0.25) is 6.54 Å². The minimum atomic E-state index is -0.620. The van der Waals surface area contributed by atoms with E-state index in [0.29, 0.717) is 6.61 Å². The maximum absolute atomic E-state index is 12.8. The third-order valence-electron chi connectivity index (χ3n) is 4.65. The van der Waals surface area contributed by atoms with E-state index in [1.165, 1.54) is 0 Å². The van der Waals surface area contributed by atoms with Crippen LogP contribution in [0.1, 0.15) is 36.5 Å². The van der Waals surface area contributed by atoms with Gasteiger partial charge in [0, 0.05) is 10.8 Å². The Morgan fingerprint density at radius 2 is 1.69 bits per heavy atom. The number of Topliss-reactive ketones (excluding diaryl/α,β-unsaturated/α-hetero) is 1. The number of carbonyl (C=O) groups excluding carboxylic acids is 1. The molecular formula is C21H25NO4. The number of hydrogen-bond acceptors (Lipinski definition) is 4. The highest BCUT2D eigenvalue weighted by atomic mass is 16.6. The summed E-state index contributed by atoms with van der Waals surface area (Å²) < 4.78 is 5.70. The third-order valence-corrected chi connectivity index (χ3v) is 4.65. The van der Waals surface area contributed by atoms with Gasteiger partial charge in [0.25, 0.3) is 0 Å². The number of aryl methyl sites for hydroxylation is 1. The van der Waals surface area contributed by atoms with E-state index < -0.39 is 17.9 Å². The van der Waals surface area contributed by atoms with E-state index in [9.17, 15) is 14.9 Å². The Hall–Kier alpha value is -2.53. The Balaban J connectivity index is 2.07. The van der Waals surface area contributed by atoms with Crippen LogP contribution in [-0.4, -0.2) is 23.4 Å². The molecule has 2 rings (SSSR count). The van der Waals surface area contributed by atoms with Crippen LogP contribution in [0.25, 0.3) is 0 Å². The third kappa shape index (κ3) is 5.49. The quantitative estimate of drug-likeness (QED) is 0.500. The van der Waals surface area contributed by atoms with Crippen LogP contribution in [0, 0.1) is 23.0 Å². The maximum Gasteiger partial charge on any atom is 0.211 e. The molecule has 138 valence electrons. The van der Waals surface area contributed by atoms with Gasteiger partial charge in [-0.25, -0.2) is 0 Å². The summed E-state index contributed by atoms with van der Waals surface area (Å²) in [5, 5.41) is 11.1. The van der Waals surface area contributed by atoms with Crippen molar-refractivity contribution in [2.45, 2.75) is 39.4 Å². The molecule has 0 bridgehead atoms. The van der Waals surface area contributed by atoms with Crippen LogP contribution in [0.4, 0.5) is 0 Å². The van der Waals surface area contributed by atoms with Gasteiger partial charge in [0.1, 0.15) is 6.10 Å². The number of ketones is 1. The largest absolute Gasteiger partial charge is 0.366 e. The SMILES string of the molecule is Cc1ccc([C@H](C[N+](=O)[O-])[C@H](C)C(=O)[C@H](C)OCc2ccccc2)cc1. The Labute approximate surface area is 154 Å². The summed E-state index contributed by atoms with van der Waals surface area (Å²) >= 11 is 0. The van der Waals surface area contributed by atoms with Gasteiger partial charge in [-0.2, -0.15) is 0 Å². The highest BCUT2D eigenvalue weighted by Crippen LogP contribution is 2.27. The Kier molecular flexibility index (Phi) is 7.04. The molecule has 5 nitrogen and oxygen atoms in total. The molecule has 0 aliphatic carbocycles. The summed E-state index contributed by atoms with van der Waals surface area (Å²) in [4.78, 5) is 23.5. The van der Waals surface area contributed by atoms with Gasteiger partial charge in [-0.15, -0.1) is 0 Å². The molecule has 0 fully saturated rings. The molecule has 0 aliphatic rings. The zero-order valence-electron chi connectivity index (χ0n) is 15.4. The van der Waals surface area contributed by atoms with E-state index in [4.69, 9.17) is 4.74 Å². The number of rotatable bonds is 9. The normalized spacial score (nSPS) is 14.4. The molecule has 0 saturated carbocycles. The molecule has 3 atom stereocenters. The Bertz CT molecular complexity index is 727. The smallest absolute Gasteiger partial charge is 0.211 e. The number of nitro groups is 1. The fourth-order valence-corrected chi connectivity index (χ4v) is 2.97. The lowest BCUT2D eigenvalue weighted by atomic mass is 9.83. The van der Waals surface area contributed by atoms with Crippen molar-refractivity contribution >= 4 is 5.78 Å². The minimum Gasteiger partial charge on any atom is -0.366 e. The Morgan fingerprint density at radius 3 is 2.27 bits per heavy atom. The molecule has 0 N–H and O–H groups in total. The van der Waals surface area contributed by atoms with E-state index in [0.717, 1.165) is 16.7 Å². The number of benzene rings is 2. The molecule has 2 aromatic carbocycles. The summed E-state index contributed by atoms with van der Waals surface area (Å²) in [6.07, 6.45) is -0.620. The zero-order chi connectivity index (χ0) is 19.1. The molecule has 0 spiro atoms. The van der Waals surface area contributed by atoms with Crippen LogP contribution in [0.2, 0.25) is 0 Å². The number of nitrogens with zero attached hydrogens (tertiary/aromatic N) is 1. The standard InChI is InChI=1S/C21H25NO4/c1-15-9-11-19(12-10-15)20(13-22(24)25)16(2)21(23)17(3)26-14-18-7-5-4-6-8-18/h4-12,16-17,20H,13-14H2,1-3H3/t16-,17-,20+/m0/s1. The summed E-state index contributed by atoms with van der Waals surface area (Å²) in [5.41, 5.74) is 2.87. The predicted molar refractivity (Wildman–Crippen MR) is 101 cm³/mol. The van der Waals surface area contributed by atoms with Crippen molar-refractivity contribution in [3.05, 3.63) is 81.4 Å². The second-order valence-corrected chi connectivity index (χ2v) is 6.66. The predicted octanol–water partition coefficient (Wildman–Crippen LogP) is 4.17. The summed E-state index contributed by atoms with van der Waals surface area (Å²) in [6, 6.07) is 17.2. The fraction of sp³-hybridized carbons (Fsp3) is 0.381. The van der Waals surface area contributed by atoms with Crippen LogP contribution >= 0.6 is 0 Å². The van der Waals surface area contributed by atoms with Gasteiger partial charge in [0.05, 0.1) is 12.5 Å². The van der Waals surface area contributed by atoms with E-state index in [2.05, 4.69) is 0 Å². The van der Waals surface area contributed by atoms with Crippen molar-refractivity contribution in [3.8, 4) is 0 Å². The van der Waals surface area contributed by atoms with Crippen molar-refractivity contribution < 1.29 is 14.5 Å². The van der Waals surface area contributed by atoms with Gasteiger partial charge < -0.3 is 4.74 Å². The van der Waals surface area contributed by atoms with Crippen LogP contribution in [0.15, 0.2) is 54.6 Å². The molecule has 26 heavy (non-hydrogen) atoms. The lowest BCUT2D eigenvalue weighted by Gasteiger charge is -2.23. The summed E-state index contributed by atoms with van der Waals surface area (Å²) in [5.74, 6) is -1.09. The van der Waals surface area contributed by atoms with Crippen molar-refractivity contribution in [3.63, 3.8) is 0 Å². The molecule has 0 unspecified atom stereocenters. The molecule has 0 aromatic heterocycles. The van der Waals surface area contributed by atoms with Crippen LogP contribution in [0.3, 0.4) is 0 Å². The molecule has 0 heterocycles. The molecular weight excluding hydrogens is 330 g/mol. The monoisotopic (exact) mass is 355 g/mol. The van der Waals surface area contributed by atoms with Gasteiger partial charge >= 0.3 is 0 Å². The number of ether oxygens (including phenoxy) is 1. The topological polar surface area (TPSA) is 69.4 Å². The minimum absolute atomic E-state index is 0.117. The van der Waals surface area contributed by atoms with Crippen LogP contribution in [-0.2, 0) is 16.1 Å². The maximum atomic E-state index is 12.8. The Morgan fingerprint density at radius 1 is 1.08 bits per heavy atom. The number of hydrogen-bond donors (Lipinski definition) is 0. The molecule has 0 amide bonds. The van der Waals surface area contributed by atoms with E-state index >= 15 is 0 Å². The first-order valence-electron chi connectivity index (χ1n) is 8.76. The highest BCUT2D eigenvalue weighted by molar-refractivity contribution is 5.85. The van der Waals surface area contributed by atoms with Crippen molar-refractivity contribution in [1.82, 2.24) is 0 Å². The lowest BCUT2D eigenvalue weighted by molar-refractivity contribution is -0.484. The van der Waals surface area contributed by atoms with E-state index in [-0.39, 0.29) is 17.3 Å². The molecule has 0 radical (unpaired) electrons. The molecule has 2 aromatic rings. The van der Waals surface area contributed by atoms with Crippen molar-refractivity contribution in [1.29, 1.82) is 0 Å². The molecule has 5 heteroatoms. The van der Waals surface area contributed by atoms with E-state index in [1.807, 2.05) is 61.5 Å². The van der Waals surface area contributed by atoms with Gasteiger partial charge in [-0.1, -0.05) is 67.1 Å². The second-order valence-electron chi connectivity index (χ2n) is 6.66. The first kappa shape index (κ1) is 19.8. The lowest BCUT2D eigenvalue weighted by Crippen LogP contribution is -2.33. The average Bonchev–Trinajstić information content (AvgIpc) is 2.64. The van der Waals surface area contributed by atoms with Gasteiger partial charge in [-0.05, 0) is 25.0 Å². The first-order chi connectivity index (χ1) is 12.4. The fourth-order valence-electron chi connectivity index (χ4n) is 2.97. The number of carbonyl (C=O) groups is 1. The molecule has 0 saturated heterocycles. The van der Waals surface area contributed by atoms with Crippen LogP contribution < -0.4 is 0 Å². The van der Waals surface area contributed by atoms with E-state index in [1.54, 1.807) is 13.8 Å². The van der Waals surface area contributed by atoms with Gasteiger partial charge in [0.15, 0.2) is 5.78 Å². The zero-order valence-corrected chi connectivity index (χ0v) is 15.4. The summed E-state index contributed by atoms with van der Waals surface area (Å²) in [7, 11) is 0. The first-order valence-corrected chi connectivity index (χ1v) is 8.76. The highest BCUT2D eigenvalue weighted by Gasteiger charge is 2.32.